The second-order valence-corrected chi connectivity index (χ2v) is 5.14. The minimum Gasteiger partial charge on any atom is -0.379 e. The van der Waals surface area contributed by atoms with Crippen LogP contribution in [-0.2, 0) is 4.74 Å². The predicted molar refractivity (Wildman–Crippen MR) is 68.8 cm³/mol. The summed E-state index contributed by atoms with van der Waals surface area (Å²) in [5, 5.41) is 3.52. The SMILES string of the molecule is CC1CN(CCCCOC(C)C)CCCN1. The molecule has 0 amide bonds. The van der Waals surface area contributed by atoms with Gasteiger partial charge in [-0.1, -0.05) is 0 Å². The van der Waals surface area contributed by atoms with Gasteiger partial charge in [0.05, 0.1) is 6.10 Å². The lowest BCUT2D eigenvalue weighted by molar-refractivity contribution is 0.0742. The van der Waals surface area contributed by atoms with Crippen molar-refractivity contribution in [2.45, 2.75) is 52.2 Å². The lowest BCUT2D eigenvalue weighted by atomic mass is 10.2. The van der Waals surface area contributed by atoms with Gasteiger partial charge in [0.1, 0.15) is 0 Å². The van der Waals surface area contributed by atoms with Crippen molar-refractivity contribution in [2.24, 2.45) is 0 Å². The first kappa shape index (κ1) is 13.9. The Kier molecular flexibility index (Phi) is 7.01. The van der Waals surface area contributed by atoms with Gasteiger partial charge in [-0.15, -0.1) is 0 Å². The van der Waals surface area contributed by atoms with Gasteiger partial charge in [-0.2, -0.15) is 0 Å². The molecule has 1 N–H and O–H groups in total. The largest absolute Gasteiger partial charge is 0.379 e. The molecule has 0 aromatic rings. The highest BCUT2D eigenvalue weighted by atomic mass is 16.5. The van der Waals surface area contributed by atoms with Crippen LogP contribution in [0, 0.1) is 0 Å². The Morgan fingerprint density at radius 2 is 2.19 bits per heavy atom. The molecule has 0 saturated carbocycles. The first-order valence-corrected chi connectivity index (χ1v) is 6.76. The summed E-state index contributed by atoms with van der Waals surface area (Å²) < 4.78 is 5.55. The zero-order valence-electron chi connectivity index (χ0n) is 11.2. The minimum atomic E-state index is 0.377. The summed E-state index contributed by atoms with van der Waals surface area (Å²) in [5.41, 5.74) is 0. The Hall–Kier alpha value is -0.120. The smallest absolute Gasteiger partial charge is 0.0518 e. The van der Waals surface area contributed by atoms with Crippen LogP contribution in [-0.4, -0.2) is 49.8 Å². The van der Waals surface area contributed by atoms with Crippen molar-refractivity contribution in [3.63, 3.8) is 0 Å². The second kappa shape index (κ2) is 8.04. The van der Waals surface area contributed by atoms with Crippen molar-refractivity contribution in [2.75, 3.05) is 32.8 Å². The lowest BCUT2D eigenvalue weighted by Gasteiger charge is -2.22. The molecule has 3 heteroatoms. The molecule has 1 heterocycles. The Balaban J connectivity index is 2.02. The van der Waals surface area contributed by atoms with Crippen LogP contribution in [0.25, 0.3) is 0 Å². The average molecular weight is 228 g/mol. The number of nitrogens with one attached hydrogen (secondary N) is 1. The highest BCUT2D eigenvalue weighted by molar-refractivity contribution is 4.72. The van der Waals surface area contributed by atoms with Crippen LogP contribution in [0.3, 0.4) is 0 Å². The van der Waals surface area contributed by atoms with Crippen molar-refractivity contribution in [1.82, 2.24) is 10.2 Å². The summed E-state index contributed by atoms with van der Waals surface area (Å²) in [6.07, 6.45) is 4.12. The van der Waals surface area contributed by atoms with Crippen LogP contribution in [0.5, 0.6) is 0 Å². The summed E-state index contributed by atoms with van der Waals surface area (Å²) >= 11 is 0. The van der Waals surface area contributed by atoms with E-state index in [4.69, 9.17) is 4.74 Å². The van der Waals surface area contributed by atoms with Crippen molar-refractivity contribution in [1.29, 1.82) is 0 Å². The summed E-state index contributed by atoms with van der Waals surface area (Å²) in [4.78, 5) is 2.58. The third kappa shape index (κ3) is 6.46. The van der Waals surface area contributed by atoms with Gasteiger partial charge in [-0.3, -0.25) is 0 Å². The van der Waals surface area contributed by atoms with E-state index in [-0.39, 0.29) is 0 Å². The number of ether oxygens (including phenoxy) is 1. The number of rotatable bonds is 6. The molecule has 96 valence electrons. The molecular weight excluding hydrogens is 200 g/mol. The summed E-state index contributed by atoms with van der Waals surface area (Å²) in [6.45, 7) is 12.2. The molecule has 0 bridgehead atoms. The molecule has 1 saturated heterocycles. The van der Waals surface area contributed by atoms with Crippen molar-refractivity contribution >= 4 is 0 Å². The Labute approximate surface area is 101 Å². The van der Waals surface area contributed by atoms with E-state index in [9.17, 15) is 0 Å². The lowest BCUT2D eigenvalue weighted by Crippen LogP contribution is -2.35. The quantitative estimate of drug-likeness (QED) is 0.703. The maximum atomic E-state index is 5.55. The summed E-state index contributed by atoms with van der Waals surface area (Å²) in [7, 11) is 0. The van der Waals surface area contributed by atoms with E-state index in [0.29, 0.717) is 12.1 Å². The van der Waals surface area contributed by atoms with Crippen LogP contribution in [0.1, 0.15) is 40.0 Å². The average Bonchev–Trinajstić information content (AvgIpc) is 2.42. The van der Waals surface area contributed by atoms with Crippen LogP contribution < -0.4 is 5.32 Å². The van der Waals surface area contributed by atoms with Gasteiger partial charge in [0.25, 0.3) is 0 Å². The standard InChI is InChI=1S/C13H28N2O/c1-12(2)16-10-5-4-8-15-9-6-7-14-13(3)11-15/h12-14H,4-11H2,1-3H3. The molecule has 1 aliphatic heterocycles. The first-order chi connectivity index (χ1) is 7.68. The normalized spacial score (nSPS) is 23.6. The molecule has 0 aromatic heterocycles. The van der Waals surface area contributed by atoms with Gasteiger partial charge >= 0.3 is 0 Å². The van der Waals surface area contributed by atoms with Gasteiger partial charge < -0.3 is 15.0 Å². The third-order valence-corrected chi connectivity index (χ3v) is 3.00. The topological polar surface area (TPSA) is 24.5 Å². The second-order valence-electron chi connectivity index (χ2n) is 5.14. The maximum absolute atomic E-state index is 5.55. The van der Waals surface area contributed by atoms with Crippen molar-refractivity contribution in [3.05, 3.63) is 0 Å². The molecule has 1 aliphatic rings. The number of unbranched alkanes of at least 4 members (excludes halogenated alkanes) is 1. The van der Waals surface area contributed by atoms with E-state index in [1.807, 2.05) is 0 Å². The summed E-state index contributed by atoms with van der Waals surface area (Å²) in [6, 6.07) is 0.648. The van der Waals surface area contributed by atoms with Gasteiger partial charge in [0.2, 0.25) is 0 Å². The van der Waals surface area contributed by atoms with Crippen LogP contribution >= 0.6 is 0 Å². The Morgan fingerprint density at radius 3 is 2.94 bits per heavy atom. The van der Waals surface area contributed by atoms with E-state index in [2.05, 4.69) is 31.0 Å². The van der Waals surface area contributed by atoms with Crippen LogP contribution in [0.4, 0.5) is 0 Å². The zero-order valence-corrected chi connectivity index (χ0v) is 11.2. The van der Waals surface area contributed by atoms with Crippen LogP contribution in [0.15, 0.2) is 0 Å². The highest BCUT2D eigenvalue weighted by Crippen LogP contribution is 2.03. The van der Waals surface area contributed by atoms with Gasteiger partial charge in [0.15, 0.2) is 0 Å². The maximum Gasteiger partial charge on any atom is 0.0518 e. The van der Waals surface area contributed by atoms with E-state index < -0.39 is 0 Å². The fourth-order valence-electron chi connectivity index (χ4n) is 2.15. The molecule has 1 rings (SSSR count). The van der Waals surface area contributed by atoms with E-state index in [0.717, 1.165) is 6.61 Å². The Bertz CT molecular complexity index is 173. The molecule has 0 spiro atoms. The molecule has 3 nitrogen and oxygen atoms in total. The molecule has 1 fully saturated rings. The summed E-state index contributed by atoms with van der Waals surface area (Å²) in [5.74, 6) is 0. The first-order valence-electron chi connectivity index (χ1n) is 6.76. The number of hydrogen-bond acceptors (Lipinski definition) is 3. The number of hydrogen-bond donors (Lipinski definition) is 1. The molecular formula is C13H28N2O. The van der Waals surface area contributed by atoms with E-state index >= 15 is 0 Å². The molecule has 0 aromatic carbocycles. The fraction of sp³-hybridized carbons (Fsp3) is 1.00. The predicted octanol–water partition coefficient (Wildman–Crippen LogP) is 1.88. The minimum absolute atomic E-state index is 0.377. The number of nitrogens with zero attached hydrogens (tertiary/aromatic N) is 1. The fourth-order valence-corrected chi connectivity index (χ4v) is 2.15. The van der Waals surface area contributed by atoms with Crippen LogP contribution in [0.2, 0.25) is 0 Å². The molecule has 0 radical (unpaired) electrons. The molecule has 0 aliphatic carbocycles. The zero-order chi connectivity index (χ0) is 11.8. The van der Waals surface area contributed by atoms with E-state index in [1.54, 1.807) is 0 Å². The third-order valence-electron chi connectivity index (χ3n) is 3.00. The monoisotopic (exact) mass is 228 g/mol. The van der Waals surface area contributed by atoms with Gasteiger partial charge in [0, 0.05) is 19.2 Å². The van der Waals surface area contributed by atoms with Gasteiger partial charge in [-0.25, -0.2) is 0 Å². The molecule has 16 heavy (non-hydrogen) atoms. The highest BCUT2D eigenvalue weighted by Gasteiger charge is 2.12. The van der Waals surface area contributed by atoms with Crippen molar-refractivity contribution < 1.29 is 4.74 Å². The molecule has 1 atom stereocenters. The van der Waals surface area contributed by atoms with Crippen molar-refractivity contribution in [3.8, 4) is 0 Å². The Morgan fingerprint density at radius 1 is 1.38 bits per heavy atom. The molecule has 1 unspecified atom stereocenters. The van der Waals surface area contributed by atoms with Gasteiger partial charge in [-0.05, 0) is 59.7 Å². The van der Waals surface area contributed by atoms with E-state index in [1.165, 1.54) is 45.4 Å².